The van der Waals surface area contributed by atoms with Gasteiger partial charge in [-0.25, -0.2) is 13.2 Å². The predicted octanol–water partition coefficient (Wildman–Crippen LogP) is 2.36. The Hall–Kier alpha value is -2.91. The largest absolute Gasteiger partial charge is 0.508 e. The second-order valence-corrected chi connectivity index (χ2v) is 8.60. The number of sulfonamides is 1. The molecular formula is C20H22N2O6S. The van der Waals surface area contributed by atoms with E-state index in [0.717, 1.165) is 19.3 Å². The molecule has 0 spiro atoms. The molecule has 1 aliphatic heterocycles. The van der Waals surface area contributed by atoms with Crippen LogP contribution in [0.3, 0.4) is 0 Å². The summed E-state index contributed by atoms with van der Waals surface area (Å²) in [5.74, 6) is -1.23. The van der Waals surface area contributed by atoms with Crippen LogP contribution in [0.5, 0.6) is 5.75 Å². The van der Waals surface area contributed by atoms with E-state index in [1.807, 2.05) is 0 Å². The van der Waals surface area contributed by atoms with E-state index in [1.54, 1.807) is 0 Å². The smallest absolute Gasteiger partial charge is 0.338 e. The molecule has 3 rings (SSSR count). The predicted molar refractivity (Wildman–Crippen MR) is 106 cm³/mol. The number of amides is 1. The minimum atomic E-state index is -3.53. The van der Waals surface area contributed by atoms with Gasteiger partial charge < -0.3 is 15.2 Å². The highest BCUT2D eigenvalue weighted by atomic mass is 32.2. The number of nitrogens with zero attached hydrogens (tertiary/aromatic N) is 1. The van der Waals surface area contributed by atoms with Crippen molar-refractivity contribution < 1.29 is 27.9 Å². The summed E-state index contributed by atoms with van der Waals surface area (Å²) in [4.78, 5) is 24.0. The van der Waals surface area contributed by atoms with Crippen LogP contribution in [0.2, 0.25) is 0 Å². The van der Waals surface area contributed by atoms with E-state index in [-0.39, 0.29) is 16.2 Å². The number of carbonyl (C=O) groups is 2. The van der Waals surface area contributed by atoms with Crippen LogP contribution in [0.15, 0.2) is 53.4 Å². The van der Waals surface area contributed by atoms with Gasteiger partial charge in [0.05, 0.1) is 10.5 Å². The Balaban J connectivity index is 1.54. The molecule has 1 aliphatic rings. The lowest BCUT2D eigenvalue weighted by molar-refractivity contribution is -0.119. The maximum absolute atomic E-state index is 12.6. The molecule has 2 aromatic rings. The summed E-state index contributed by atoms with van der Waals surface area (Å²) in [5, 5.41) is 11.8. The Morgan fingerprint density at radius 3 is 2.21 bits per heavy atom. The third-order valence-corrected chi connectivity index (χ3v) is 6.44. The molecule has 1 heterocycles. The fraction of sp³-hybridized carbons (Fsp3) is 0.300. The number of nitrogens with one attached hydrogen (secondary N) is 1. The van der Waals surface area contributed by atoms with Crippen LogP contribution in [0, 0.1) is 0 Å². The SMILES string of the molecule is O=C(COC(=O)c1ccc(O)cc1)Nc1ccc(S(=O)(=O)N2CCCCC2)cc1. The van der Waals surface area contributed by atoms with Crippen molar-refractivity contribution in [3.05, 3.63) is 54.1 Å². The minimum absolute atomic E-state index is 0.0186. The highest BCUT2D eigenvalue weighted by Gasteiger charge is 2.25. The molecule has 0 atom stereocenters. The number of benzene rings is 2. The molecular weight excluding hydrogens is 396 g/mol. The minimum Gasteiger partial charge on any atom is -0.508 e. The third kappa shape index (κ3) is 5.33. The van der Waals surface area contributed by atoms with E-state index in [9.17, 15) is 23.1 Å². The van der Waals surface area contributed by atoms with E-state index in [2.05, 4.69) is 5.32 Å². The number of hydrogen-bond acceptors (Lipinski definition) is 6. The molecule has 154 valence electrons. The summed E-state index contributed by atoms with van der Waals surface area (Å²) < 4.78 is 31.6. The van der Waals surface area contributed by atoms with Crippen molar-refractivity contribution in [2.75, 3.05) is 25.0 Å². The number of phenols is 1. The van der Waals surface area contributed by atoms with Gasteiger partial charge in [0.1, 0.15) is 5.75 Å². The molecule has 0 radical (unpaired) electrons. The molecule has 0 bridgehead atoms. The van der Waals surface area contributed by atoms with Gasteiger partial charge in [-0.15, -0.1) is 0 Å². The maximum atomic E-state index is 12.6. The van der Waals surface area contributed by atoms with Crippen molar-refractivity contribution in [2.24, 2.45) is 0 Å². The number of aromatic hydroxyl groups is 1. The highest BCUT2D eigenvalue weighted by molar-refractivity contribution is 7.89. The number of rotatable bonds is 6. The van der Waals surface area contributed by atoms with Crippen LogP contribution in [-0.2, 0) is 19.6 Å². The molecule has 0 aliphatic carbocycles. The standard InChI is InChI=1S/C20H22N2O6S/c23-17-8-4-15(5-9-17)20(25)28-14-19(24)21-16-6-10-18(11-7-16)29(26,27)22-12-2-1-3-13-22/h4-11,23H,1-3,12-14H2,(H,21,24). The van der Waals surface area contributed by atoms with Gasteiger partial charge in [-0.1, -0.05) is 6.42 Å². The van der Waals surface area contributed by atoms with Gasteiger partial charge in [-0.3, -0.25) is 4.79 Å². The Morgan fingerprint density at radius 2 is 1.59 bits per heavy atom. The summed E-state index contributed by atoms with van der Waals surface area (Å²) in [6, 6.07) is 11.3. The third-order valence-electron chi connectivity index (χ3n) is 4.53. The quantitative estimate of drug-likeness (QED) is 0.697. The second kappa shape index (κ2) is 9.06. The molecule has 0 saturated carbocycles. The van der Waals surface area contributed by atoms with Crippen LogP contribution in [0.4, 0.5) is 5.69 Å². The van der Waals surface area contributed by atoms with Crippen LogP contribution >= 0.6 is 0 Å². The lowest BCUT2D eigenvalue weighted by Gasteiger charge is -2.25. The summed E-state index contributed by atoms with van der Waals surface area (Å²) in [7, 11) is -3.53. The molecule has 1 fully saturated rings. The number of piperidine rings is 1. The molecule has 1 saturated heterocycles. The van der Waals surface area contributed by atoms with Gasteiger partial charge in [-0.05, 0) is 61.4 Å². The zero-order chi connectivity index (χ0) is 20.9. The van der Waals surface area contributed by atoms with Crippen molar-refractivity contribution >= 4 is 27.6 Å². The number of carbonyl (C=O) groups excluding carboxylic acids is 2. The first kappa shape index (κ1) is 20.8. The Kier molecular flexibility index (Phi) is 6.50. The normalized spacial score (nSPS) is 14.9. The van der Waals surface area contributed by atoms with Crippen molar-refractivity contribution in [2.45, 2.75) is 24.2 Å². The molecule has 29 heavy (non-hydrogen) atoms. The molecule has 1 amide bonds. The molecule has 8 nitrogen and oxygen atoms in total. The first-order valence-corrected chi connectivity index (χ1v) is 10.7. The summed E-state index contributed by atoms with van der Waals surface area (Å²) in [5.41, 5.74) is 0.608. The zero-order valence-electron chi connectivity index (χ0n) is 15.7. The van der Waals surface area contributed by atoms with Crippen LogP contribution in [-0.4, -0.2) is 49.4 Å². The van der Waals surface area contributed by atoms with Gasteiger partial charge in [-0.2, -0.15) is 4.31 Å². The number of anilines is 1. The van der Waals surface area contributed by atoms with Crippen LogP contribution in [0.25, 0.3) is 0 Å². The topological polar surface area (TPSA) is 113 Å². The van der Waals surface area contributed by atoms with Gasteiger partial charge in [0.15, 0.2) is 6.61 Å². The van der Waals surface area contributed by atoms with E-state index in [1.165, 1.54) is 52.8 Å². The van der Waals surface area contributed by atoms with Gasteiger partial charge in [0, 0.05) is 18.8 Å². The lowest BCUT2D eigenvalue weighted by atomic mass is 10.2. The highest BCUT2D eigenvalue weighted by Crippen LogP contribution is 2.22. The van der Waals surface area contributed by atoms with E-state index < -0.39 is 28.5 Å². The van der Waals surface area contributed by atoms with Gasteiger partial charge in [0.25, 0.3) is 5.91 Å². The zero-order valence-corrected chi connectivity index (χ0v) is 16.5. The maximum Gasteiger partial charge on any atom is 0.338 e. The Bertz CT molecular complexity index is 965. The van der Waals surface area contributed by atoms with E-state index in [4.69, 9.17) is 4.74 Å². The fourth-order valence-electron chi connectivity index (χ4n) is 2.97. The van der Waals surface area contributed by atoms with Gasteiger partial charge >= 0.3 is 5.97 Å². The molecule has 0 unspecified atom stereocenters. The van der Waals surface area contributed by atoms with Gasteiger partial charge in [0.2, 0.25) is 10.0 Å². The summed E-state index contributed by atoms with van der Waals surface area (Å²) >= 11 is 0. The first-order chi connectivity index (χ1) is 13.9. The van der Waals surface area contributed by atoms with E-state index >= 15 is 0 Å². The van der Waals surface area contributed by atoms with Crippen LogP contribution in [0.1, 0.15) is 29.6 Å². The van der Waals surface area contributed by atoms with E-state index in [0.29, 0.717) is 18.8 Å². The van der Waals surface area contributed by atoms with Crippen molar-refractivity contribution in [1.82, 2.24) is 4.31 Å². The monoisotopic (exact) mass is 418 g/mol. The summed E-state index contributed by atoms with van der Waals surface area (Å²) in [6.07, 6.45) is 2.75. The number of phenolic OH excluding ortho intramolecular Hbond substituents is 1. The fourth-order valence-corrected chi connectivity index (χ4v) is 4.49. The summed E-state index contributed by atoms with van der Waals surface area (Å²) in [6.45, 7) is 0.550. The Morgan fingerprint density at radius 1 is 0.966 bits per heavy atom. The van der Waals surface area contributed by atoms with Crippen molar-refractivity contribution in [3.8, 4) is 5.75 Å². The number of hydrogen-bond donors (Lipinski definition) is 2. The number of ether oxygens (including phenoxy) is 1. The van der Waals surface area contributed by atoms with Crippen molar-refractivity contribution in [3.63, 3.8) is 0 Å². The molecule has 2 N–H and O–H groups in total. The Labute approximate surface area is 169 Å². The van der Waals surface area contributed by atoms with Crippen molar-refractivity contribution in [1.29, 1.82) is 0 Å². The number of esters is 1. The molecule has 2 aromatic carbocycles. The second-order valence-electron chi connectivity index (χ2n) is 6.66. The average molecular weight is 418 g/mol. The average Bonchev–Trinajstić information content (AvgIpc) is 2.73. The molecule has 9 heteroatoms. The first-order valence-electron chi connectivity index (χ1n) is 9.22. The van der Waals surface area contributed by atoms with Crippen LogP contribution < -0.4 is 5.32 Å². The molecule has 0 aromatic heterocycles. The lowest BCUT2D eigenvalue weighted by Crippen LogP contribution is -2.35.